The fourth-order valence-electron chi connectivity index (χ4n) is 3.84. The number of hydrogen-bond donors (Lipinski definition) is 0. The number of piperazine rings is 1. The normalized spacial score (nSPS) is 19.2. The average Bonchev–Trinajstić information content (AvgIpc) is 3.00. The largest absolute Gasteiger partial charge is 0.354 e. The second-order valence-corrected chi connectivity index (χ2v) is 7.43. The third kappa shape index (κ3) is 3.82. The Morgan fingerprint density at radius 2 is 1.73 bits per heavy atom. The van der Waals surface area contributed by atoms with Crippen molar-refractivity contribution in [2.75, 3.05) is 49.1 Å². The van der Waals surface area contributed by atoms with Crippen LogP contribution in [0.5, 0.6) is 0 Å². The number of rotatable bonds is 4. The standard InChI is InChI=1S/C19H29N7/c1-16-14-17(22-23(16)2)15-24-10-12-25(13-11-24)18-6-7-20-19(21-18)26-8-4-3-5-9-26/h6-7,14H,3-5,8-13,15H2,1-2H3. The zero-order valence-corrected chi connectivity index (χ0v) is 15.9. The van der Waals surface area contributed by atoms with Gasteiger partial charge in [0, 0.05) is 64.8 Å². The predicted octanol–water partition coefficient (Wildman–Crippen LogP) is 1.83. The van der Waals surface area contributed by atoms with E-state index in [1.165, 1.54) is 25.0 Å². The Labute approximate surface area is 155 Å². The van der Waals surface area contributed by atoms with Crippen molar-refractivity contribution >= 4 is 11.8 Å². The van der Waals surface area contributed by atoms with Crippen molar-refractivity contribution in [2.24, 2.45) is 7.05 Å². The van der Waals surface area contributed by atoms with Gasteiger partial charge in [-0.25, -0.2) is 4.98 Å². The molecule has 0 aliphatic carbocycles. The molecule has 0 unspecified atom stereocenters. The second-order valence-electron chi connectivity index (χ2n) is 7.43. The van der Waals surface area contributed by atoms with Gasteiger partial charge in [-0.3, -0.25) is 9.58 Å². The Balaban J connectivity index is 1.35. The zero-order valence-electron chi connectivity index (χ0n) is 15.9. The minimum Gasteiger partial charge on any atom is -0.354 e. The van der Waals surface area contributed by atoms with Gasteiger partial charge < -0.3 is 9.80 Å². The maximum atomic E-state index is 4.85. The molecular weight excluding hydrogens is 326 g/mol. The summed E-state index contributed by atoms with van der Waals surface area (Å²) in [4.78, 5) is 16.5. The predicted molar refractivity (Wildman–Crippen MR) is 104 cm³/mol. The Bertz CT molecular complexity index is 708. The molecular formula is C19H29N7. The van der Waals surface area contributed by atoms with Crippen LogP contribution in [-0.4, -0.2) is 63.9 Å². The number of anilines is 2. The second kappa shape index (κ2) is 7.61. The van der Waals surface area contributed by atoms with E-state index in [4.69, 9.17) is 4.98 Å². The van der Waals surface area contributed by atoms with Gasteiger partial charge in [-0.2, -0.15) is 10.1 Å². The summed E-state index contributed by atoms with van der Waals surface area (Å²) in [7, 11) is 2.01. The number of hydrogen-bond acceptors (Lipinski definition) is 6. The maximum Gasteiger partial charge on any atom is 0.227 e. The van der Waals surface area contributed by atoms with Gasteiger partial charge >= 0.3 is 0 Å². The SMILES string of the molecule is Cc1cc(CN2CCN(c3ccnc(N4CCCCC4)n3)CC2)nn1C. The van der Waals surface area contributed by atoms with Gasteiger partial charge in [0.05, 0.1) is 5.69 Å². The lowest BCUT2D eigenvalue weighted by molar-refractivity contribution is 0.246. The van der Waals surface area contributed by atoms with Crippen LogP contribution in [0.2, 0.25) is 0 Å². The smallest absolute Gasteiger partial charge is 0.227 e. The van der Waals surface area contributed by atoms with E-state index in [-0.39, 0.29) is 0 Å². The number of piperidine rings is 1. The van der Waals surface area contributed by atoms with Gasteiger partial charge in [0.25, 0.3) is 0 Å². The first kappa shape index (κ1) is 17.3. The summed E-state index contributed by atoms with van der Waals surface area (Å²) in [6.07, 6.45) is 5.74. The van der Waals surface area contributed by atoms with Crippen molar-refractivity contribution in [3.8, 4) is 0 Å². The average molecular weight is 355 g/mol. The molecule has 2 aromatic heterocycles. The molecule has 0 saturated carbocycles. The molecule has 7 heteroatoms. The van der Waals surface area contributed by atoms with Crippen LogP contribution >= 0.6 is 0 Å². The lowest BCUT2D eigenvalue weighted by Gasteiger charge is -2.35. The molecule has 0 atom stereocenters. The molecule has 0 radical (unpaired) electrons. The van der Waals surface area contributed by atoms with E-state index in [9.17, 15) is 0 Å². The molecule has 2 aliphatic rings. The summed E-state index contributed by atoms with van der Waals surface area (Å²) >= 11 is 0. The summed E-state index contributed by atoms with van der Waals surface area (Å²) in [6, 6.07) is 4.23. The molecule has 2 saturated heterocycles. The van der Waals surface area contributed by atoms with Crippen molar-refractivity contribution in [1.29, 1.82) is 0 Å². The van der Waals surface area contributed by atoms with E-state index < -0.39 is 0 Å². The van der Waals surface area contributed by atoms with Gasteiger partial charge in [0.2, 0.25) is 5.95 Å². The first-order valence-electron chi connectivity index (χ1n) is 9.74. The Hall–Kier alpha value is -2.15. The highest BCUT2D eigenvalue weighted by atomic mass is 15.3. The van der Waals surface area contributed by atoms with Crippen molar-refractivity contribution in [1.82, 2.24) is 24.6 Å². The monoisotopic (exact) mass is 355 g/mol. The first-order valence-corrected chi connectivity index (χ1v) is 9.74. The molecule has 2 aromatic rings. The summed E-state index contributed by atoms with van der Waals surface area (Å²) in [6.45, 7) is 9.28. The lowest BCUT2D eigenvalue weighted by atomic mass is 10.1. The summed E-state index contributed by atoms with van der Waals surface area (Å²) in [5.41, 5.74) is 2.37. The molecule has 0 bridgehead atoms. The first-order chi connectivity index (χ1) is 12.7. The van der Waals surface area contributed by atoms with Gasteiger partial charge in [0.1, 0.15) is 5.82 Å². The quantitative estimate of drug-likeness (QED) is 0.834. The minimum absolute atomic E-state index is 0.897. The number of aryl methyl sites for hydroxylation is 2. The molecule has 4 rings (SSSR count). The van der Waals surface area contributed by atoms with Crippen molar-refractivity contribution in [3.63, 3.8) is 0 Å². The van der Waals surface area contributed by atoms with E-state index in [2.05, 4.69) is 37.8 Å². The molecule has 0 spiro atoms. The molecule has 2 aliphatic heterocycles. The zero-order chi connectivity index (χ0) is 17.9. The third-order valence-electron chi connectivity index (χ3n) is 5.51. The summed E-state index contributed by atoms with van der Waals surface area (Å²) in [5, 5.41) is 4.58. The Morgan fingerprint density at radius 1 is 0.962 bits per heavy atom. The van der Waals surface area contributed by atoms with Crippen LogP contribution in [0.3, 0.4) is 0 Å². The van der Waals surface area contributed by atoms with Gasteiger partial charge in [-0.15, -0.1) is 0 Å². The van der Waals surface area contributed by atoms with E-state index in [0.717, 1.165) is 63.3 Å². The van der Waals surface area contributed by atoms with Crippen LogP contribution in [-0.2, 0) is 13.6 Å². The molecule has 26 heavy (non-hydrogen) atoms. The molecule has 0 amide bonds. The summed E-state index contributed by atoms with van der Waals surface area (Å²) < 4.78 is 1.95. The maximum absolute atomic E-state index is 4.85. The molecule has 7 nitrogen and oxygen atoms in total. The highest BCUT2D eigenvalue weighted by Crippen LogP contribution is 2.20. The van der Waals surface area contributed by atoms with Crippen molar-refractivity contribution < 1.29 is 0 Å². The van der Waals surface area contributed by atoms with Gasteiger partial charge in [0.15, 0.2) is 0 Å². The van der Waals surface area contributed by atoms with Gasteiger partial charge in [-0.05, 0) is 38.3 Å². The fourth-order valence-corrected chi connectivity index (χ4v) is 3.84. The van der Waals surface area contributed by atoms with Crippen molar-refractivity contribution in [3.05, 3.63) is 29.7 Å². The minimum atomic E-state index is 0.897. The topological polar surface area (TPSA) is 53.3 Å². The summed E-state index contributed by atoms with van der Waals surface area (Å²) in [5.74, 6) is 1.96. The Kier molecular flexibility index (Phi) is 5.06. The third-order valence-corrected chi connectivity index (χ3v) is 5.51. The molecule has 0 N–H and O–H groups in total. The lowest BCUT2D eigenvalue weighted by Crippen LogP contribution is -2.46. The van der Waals surface area contributed by atoms with Crippen molar-refractivity contribution in [2.45, 2.75) is 32.7 Å². The van der Waals surface area contributed by atoms with Crippen LogP contribution in [0.25, 0.3) is 0 Å². The Morgan fingerprint density at radius 3 is 2.42 bits per heavy atom. The van der Waals surface area contributed by atoms with E-state index in [1.54, 1.807) is 0 Å². The van der Waals surface area contributed by atoms with Crippen LogP contribution in [0.4, 0.5) is 11.8 Å². The van der Waals surface area contributed by atoms with E-state index in [0.29, 0.717) is 0 Å². The highest BCUT2D eigenvalue weighted by molar-refractivity contribution is 5.44. The van der Waals surface area contributed by atoms with Crippen LogP contribution < -0.4 is 9.80 Å². The highest BCUT2D eigenvalue weighted by Gasteiger charge is 2.21. The number of nitrogens with zero attached hydrogens (tertiary/aromatic N) is 7. The molecule has 4 heterocycles. The van der Waals surface area contributed by atoms with Crippen LogP contribution in [0.1, 0.15) is 30.7 Å². The van der Waals surface area contributed by atoms with E-state index >= 15 is 0 Å². The van der Waals surface area contributed by atoms with E-state index in [1.807, 2.05) is 24.0 Å². The molecule has 2 fully saturated rings. The fraction of sp³-hybridized carbons (Fsp3) is 0.632. The molecule has 140 valence electrons. The van der Waals surface area contributed by atoms with Crippen LogP contribution in [0.15, 0.2) is 18.3 Å². The van der Waals surface area contributed by atoms with Gasteiger partial charge in [-0.1, -0.05) is 0 Å². The molecule has 0 aromatic carbocycles. The van der Waals surface area contributed by atoms with Crippen LogP contribution in [0, 0.1) is 6.92 Å². The number of aromatic nitrogens is 4.